The van der Waals surface area contributed by atoms with Crippen LogP contribution in [0.1, 0.15) is 58.2 Å². The van der Waals surface area contributed by atoms with Crippen molar-refractivity contribution in [3.63, 3.8) is 0 Å². The lowest BCUT2D eigenvalue weighted by atomic mass is 10.0. The highest BCUT2D eigenvalue weighted by Crippen LogP contribution is 2.19. The molecule has 1 saturated heterocycles. The third kappa shape index (κ3) is 4.32. The number of nitrogens with zero attached hydrogens (tertiary/aromatic N) is 2. The summed E-state index contributed by atoms with van der Waals surface area (Å²) >= 11 is 0. The predicted molar refractivity (Wildman–Crippen MR) is 82.0 cm³/mol. The summed E-state index contributed by atoms with van der Waals surface area (Å²) in [6, 6.07) is 3.12. The molecular weight excluding hydrogens is 250 g/mol. The second kappa shape index (κ2) is 7.79. The van der Waals surface area contributed by atoms with Gasteiger partial charge in [-0.25, -0.2) is 0 Å². The molecule has 0 radical (unpaired) electrons. The first-order valence-corrected chi connectivity index (χ1v) is 8.11. The Morgan fingerprint density at radius 2 is 2.35 bits per heavy atom. The first kappa shape index (κ1) is 15.5. The van der Waals surface area contributed by atoms with Gasteiger partial charge in [0, 0.05) is 31.3 Å². The molecule has 4 nitrogen and oxygen atoms in total. The Morgan fingerprint density at radius 3 is 3.00 bits per heavy atom. The van der Waals surface area contributed by atoms with Crippen LogP contribution < -0.4 is 5.32 Å². The molecule has 1 aliphatic heterocycles. The number of ether oxygens (including phenoxy) is 1. The number of likely N-dealkylation sites (N-methyl/N-ethyl adjacent to an activating group) is 1. The molecule has 0 spiro atoms. The van der Waals surface area contributed by atoms with Gasteiger partial charge in [-0.3, -0.25) is 4.68 Å². The van der Waals surface area contributed by atoms with Gasteiger partial charge < -0.3 is 10.1 Å². The Kier molecular flexibility index (Phi) is 6.05. The van der Waals surface area contributed by atoms with Crippen molar-refractivity contribution in [1.82, 2.24) is 15.1 Å². The average Bonchev–Trinajstić information content (AvgIpc) is 3.10. The molecule has 0 saturated carbocycles. The topological polar surface area (TPSA) is 39.1 Å². The molecule has 114 valence electrons. The van der Waals surface area contributed by atoms with Crippen LogP contribution in [0.15, 0.2) is 12.3 Å². The maximum absolute atomic E-state index is 5.76. The maximum Gasteiger partial charge on any atom is 0.0640 e. The van der Waals surface area contributed by atoms with Crippen LogP contribution in [-0.2, 0) is 11.2 Å². The van der Waals surface area contributed by atoms with E-state index >= 15 is 0 Å². The van der Waals surface area contributed by atoms with Gasteiger partial charge in [-0.2, -0.15) is 5.10 Å². The Labute approximate surface area is 122 Å². The number of rotatable bonds is 8. The normalized spacial score (nSPS) is 22.1. The van der Waals surface area contributed by atoms with Gasteiger partial charge in [0.15, 0.2) is 0 Å². The SMILES string of the molecule is CCNC(Cc1ccn(C(C)CC)n1)CC1CCCO1. The quantitative estimate of drug-likeness (QED) is 0.795. The largest absolute Gasteiger partial charge is 0.378 e. The van der Waals surface area contributed by atoms with E-state index in [1.165, 1.54) is 18.5 Å². The fraction of sp³-hybridized carbons (Fsp3) is 0.812. The van der Waals surface area contributed by atoms with Crippen LogP contribution >= 0.6 is 0 Å². The Balaban J connectivity index is 1.90. The van der Waals surface area contributed by atoms with Gasteiger partial charge in [-0.15, -0.1) is 0 Å². The number of aromatic nitrogens is 2. The van der Waals surface area contributed by atoms with E-state index in [-0.39, 0.29) is 0 Å². The smallest absolute Gasteiger partial charge is 0.0640 e. The fourth-order valence-corrected chi connectivity index (χ4v) is 2.85. The van der Waals surface area contributed by atoms with Crippen molar-refractivity contribution in [1.29, 1.82) is 0 Å². The lowest BCUT2D eigenvalue weighted by Crippen LogP contribution is -2.34. The maximum atomic E-state index is 5.76. The van der Waals surface area contributed by atoms with Gasteiger partial charge in [0.05, 0.1) is 11.8 Å². The molecule has 1 aromatic heterocycles. The van der Waals surface area contributed by atoms with E-state index in [2.05, 4.69) is 43.0 Å². The van der Waals surface area contributed by atoms with E-state index in [9.17, 15) is 0 Å². The van der Waals surface area contributed by atoms with Gasteiger partial charge in [0.25, 0.3) is 0 Å². The molecule has 0 bridgehead atoms. The van der Waals surface area contributed by atoms with Crippen LogP contribution in [0.3, 0.4) is 0 Å². The molecule has 1 fully saturated rings. The highest BCUT2D eigenvalue weighted by Gasteiger charge is 2.21. The van der Waals surface area contributed by atoms with Crippen molar-refractivity contribution in [2.45, 2.75) is 71.1 Å². The second-order valence-corrected chi connectivity index (χ2v) is 5.87. The van der Waals surface area contributed by atoms with Crippen LogP contribution in [0.5, 0.6) is 0 Å². The number of nitrogens with one attached hydrogen (secondary N) is 1. The number of hydrogen-bond acceptors (Lipinski definition) is 3. The van der Waals surface area contributed by atoms with Gasteiger partial charge >= 0.3 is 0 Å². The molecule has 0 aliphatic carbocycles. The molecule has 20 heavy (non-hydrogen) atoms. The standard InChI is InChI=1S/C16H29N3O/c1-4-13(3)19-9-8-14(18-19)11-15(17-5-2)12-16-7-6-10-20-16/h8-9,13,15-17H,4-7,10-12H2,1-3H3. The lowest BCUT2D eigenvalue weighted by molar-refractivity contribution is 0.0946. The van der Waals surface area contributed by atoms with E-state index in [4.69, 9.17) is 9.84 Å². The third-order valence-electron chi connectivity index (χ3n) is 4.23. The molecule has 1 aliphatic rings. The molecule has 3 unspecified atom stereocenters. The molecule has 3 atom stereocenters. The molecule has 0 amide bonds. The highest BCUT2D eigenvalue weighted by molar-refractivity contribution is 5.02. The number of hydrogen-bond donors (Lipinski definition) is 1. The van der Waals surface area contributed by atoms with E-state index in [0.717, 1.165) is 32.4 Å². The summed E-state index contributed by atoms with van der Waals surface area (Å²) in [5.74, 6) is 0. The van der Waals surface area contributed by atoms with Crippen LogP contribution in [0.25, 0.3) is 0 Å². The molecule has 0 aromatic carbocycles. The fourth-order valence-electron chi connectivity index (χ4n) is 2.85. The predicted octanol–water partition coefficient (Wildman–Crippen LogP) is 2.94. The Morgan fingerprint density at radius 1 is 1.50 bits per heavy atom. The second-order valence-electron chi connectivity index (χ2n) is 5.87. The summed E-state index contributed by atoms with van der Waals surface area (Å²) in [5.41, 5.74) is 1.19. The summed E-state index contributed by atoms with van der Waals surface area (Å²) in [4.78, 5) is 0. The highest BCUT2D eigenvalue weighted by atomic mass is 16.5. The molecule has 2 heterocycles. The van der Waals surface area contributed by atoms with Gasteiger partial charge in [-0.1, -0.05) is 13.8 Å². The molecule has 1 N–H and O–H groups in total. The molecule has 4 heteroatoms. The zero-order chi connectivity index (χ0) is 14.4. The van der Waals surface area contributed by atoms with Crippen molar-refractivity contribution >= 4 is 0 Å². The summed E-state index contributed by atoms with van der Waals surface area (Å²) in [6.45, 7) is 8.52. The van der Waals surface area contributed by atoms with Gasteiger partial charge in [0.1, 0.15) is 0 Å². The van der Waals surface area contributed by atoms with Crippen molar-refractivity contribution in [2.24, 2.45) is 0 Å². The minimum Gasteiger partial charge on any atom is -0.378 e. The molecular formula is C16H29N3O. The van der Waals surface area contributed by atoms with E-state index in [0.29, 0.717) is 18.2 Å². The molecule has 2 rings (SSSR count). The summed E-state index contributed by atoms with van der Waals surface area (Å²) in [5, 5.41) is 8.29. The van der Waals surface area contributed by atoms with E-state index in [1.54, 1.807) is 0 Å². The van der Waals surface area contributed by atoms with Crippen LogP contribution in [0.4, 0.5) is 0 Å². The van der Waals surface area contributed by atoms with Gasteiger partial charge in [0.2, 0.25) is 0 Å². The Hall–Kier alpha value is -0.870. The van der Waals surface area contributed by atoms with Crippen LogP contribution in [0, 0.1) is 0 Å². The van der Waals surface area contributed by atoms with Crippen molar-refractivity contribution in [3.8, 4) is 0 Å². The summed E-state index contributed by atoms with van der Waals surface area (Å²) < 4.78 is 7.85. The molecule has 1 aromatic rings. The first-order chi connectivity index (χ1) is 9.72. The van der Waals surface area contributed by atoms with Crippen molar-refractivity contribution < 1.29 is 4.74 Å². The summed E-state index contributed by atoms with van der Waals surface area (Å²) in [6.07, 6.45) is 8.19. The van der Waals surface area contributed by atoms with Crippen LogP contribution in [-0.4, -0.2) is 35.1 Å². The third-order valence-corrected chi connectivity index (χ3v) is 4.23. The van der Waals surface area contributed by atoms with Gasteiger partial charge in [-0.05, 0) is 45.2 Å². The van der Waals surface area contributed by atoms with E-state index < -0.39 is 0 Å². The zero-order valence-electron chi connectivity index (χ0n) is 13.1. The lowest BCUT2D eigenvalue weighted by Gasteiger charge is -2.20. The Bertz CT molecular complexity index is 385. The first-order valence-electron chi connectivity index (χ1n) is 8.11. The van der Waals surface area contributed by atoms with Crippen LogP contribution in [0.2, 0.25) is 0 Å². The minimum atomic E-state index is 0.440. The monoisotopic (exact) mass is 279 g/mol. The summed E-state index contributed by atoms with van der Waals surface area (Å²) in [7, 11) is 0. The minimum absolute atomic E-state index is 0.440. The zero-order valence-corrected chi connectivity index (χ0v) is 13.1. The van der Waals surface area contributed by atoms with Crippen molar-refractivity contribution in [3.05, 3.63) is 18.0 Å². The van der Waals surface area contributed by atoms with E-state index in [1.807, 2.05) is 0 Å². The average molecular weight is 279 g/mol. The van der Waals surface area contributed by atoms with Crippen molar-refractivity contribution in [2.75, 3.05) is 13.2 Å².